The van der Waals surface area contributed by atoms with Gasteiger partial charge >= 0.3 is 0 Å². The summed E-state index contributed by atoms with van der Waals surface area (Å²) in [7, 11) is 0. The van der Waals surface area contributed by atoms with E-state index in [1.165, 1.54) is 49.4 Å². The smallest absolute Gasteiger partial charge is 0.223 e. The van der Waals surface area contributed by atoms with E-state index in [2.05, 4.69) is 177 Å². The summed E-state index contributed by atoms with van der Waals surface area (Å²) < 4.78 is 6.96. The summed E-state index contributed by atoms with van der Waals surface area (Å²) in [5.74, 6) is 1.74. The van der Waals surface area contributed by atoms with Crippen molar-refractivity contribution in [3.63, 3.8) is 0 Å². The van der Waals surface area contributed by atoms with Crippen LogP contribution in [0.3, 0.4) is 0 Å². The highest BCUT2D eigenvalue weighted by molar-refractivity contribution is 6.10. The molecule has 0 aliphatic carbocycles. The second-order valence-electron chi connectivity index (χ2n) is 13.5. The van der Waals surface area contributed by atoms with Crippen molar-refractivity contribution in [2.24, 2.45) is 0 Å². The zero-order valence-electron chi connectivity index (χ0n) is 27.3. The van der Waals surface area contributed by atoms with Crippen LogP contribution in [0, 0.1) is 0 Å². The first-order valence-electron chi connectivity index (χ1n) is 17.3. The van der Waals surface area contributed by atoms with E-state index in [-0.39, 0.29) is 0 Å². The quantitative estimate of drug-likeness (QED) is 0.191. The molecule has 8 aromatic carbocycles. The topological polar surface area (TPSA) is 39.0 Å². The van der Waals surface area contributed by atoms with Gasteiger partial charge < -0.3 is 0 Å². The number of nitrogens with zero attached hydrogens (tertiary/aromatic N) is 5. The Morgan fingerprint density at radius 3 is 1.24 bits per heavy atom. The largest absolute Gasteiger partial charge is 0.276 e. The number of hydrogen-bond donors (Lipinski definition) is 0. The maximum absolute atomic E-state index is 5.34. The third kappa shape index (κ3) is 3.64. The summed E-state index contributed by atoms with van der Waals surface area (Å²) in [6.45, 7) is 0. The third-order valence-electron chi connectivity index (χ3n) is 10.7. The lowest BCUT2D eigenvalue weighted by Crippen LogP contribution is -1.93. The fourth-order valence-electron chi connectivity index (χ4n) is 8.46. The molecule has 0 bridgehead atoms. The first kappa shape index (κ1) is 26.9. The average molecular weight is 650 g/mol. The number of aromatic nitrogens is 5. The molecule has 4 aromatic heterocycles. The molecule has 5 nitrogen and oxygen atoms in total. The second kappa shape index (κ2) is 9.80. The molecule has 0 spiro atoms. The van der Waals surface area contributed by atoms with Crippen LogP contribution in [-0.2, 0) is 0 Å². The standard InChI is InChI=1S/C46H27N5/c1-3-12-28(13-4-1)35-20-11-21-36(29-14-5-2-6-15-29)43(35)34-26-41-44-42(27-34)50-40-25-33-19-10-8-17-31(33)23-38(40)48-46(50)51(44)45-47-37-22-30-16-7-9-18-32(30)24-39(37)49(41)45/h1-27H. The van der Waals surface area contributed by atoms with E-state index in [0.717, 1.165) is 55.7 Å². The Hall–Kier alpha value is -6.98. The number of rotatable bonds is 3. The van der Waals surface area contributed by atoms with Gasteiger partial charge in [0.2, 0.25) is 11.6 Å². The van der Waals surface area contributed by atoms with Crippen LogP contribution in [0.5, 0.6) is 0 Å². The molecule has 12 aromatic rings. The lowest BCUT2D eigenvalue weighted by atomic mass is 9.87. The third-order valence-corrected chi connectivity index (χ3v) is 10.7. The van der Waals surface area contributed by atoms with Gasteiger partial charge in [-0.15, -0.1) is 0 Å². The van der Waals surface area contributed by atoms with Crippen molar-refractivity contribution >= 4 is 71.7 Å². The van der Waals surface area contributed by atoms with Crippen LogP contribution in [0.15, 0.2) is 164 Å². The van der Waals surface area contributed by atoms with Crippen LogP contribution in [0.4, 0.5) is 0 Å². The van der Waals surface area contributed by atoms with Gasteiger partial charge in [0.1, 0.15) is 5.52 Å². The second-order valence-corrected chi connectivity index (χ2v) is 13.5. The van der Waals surface area contributed by atoms with E-state index < -0.39 is 0 Å². The molecule has 0 unspecified atom stereocenters. The Bertz CT molecular complexity index is 3130. The monoisotopic (exact) mass is 649 g/mol. The van der Waals surface area contributed by atoms with Gasteiger partial charge in [0.05, 0.1) is 33.1 Å². The van der Waals surface area contributed by atoms with Crippen LogP contribution in [0.25, 0.3) is 105 Å². The number of benzene rings is 8. The van der Waals surface area contributed by atoms with Gasteiger partial charge in [-0.1, -0.05) is 127 Å². The van der Waals surface area contributed by atoms with E-state index in [4.69, 9.17) is 9.97 Å². The Balaban J connectivity index is 1.30. The van der Waals surface area contributed by atoms with Gasteiger partial charge in [0.25, 0.3) is 0 Å². The molecular weight excluding hydrogens is 623 g/mol. The van der Waals surface area contributed by atoms with Gasteiger partial charge in [0.15, 0.2) is 0 Å². The molecule has 0 fully saturated rings. The lowest BCUT2D eigenvalue weighted by Gasteiger charge is -2.17. The molecule has 51 heavy (non-hydrogen) atoms. The van der Waals surface area contributed by atoms with E-state index in [0.29, 0.717) is 0 Å². The van der Waals surface area contributed by atoms with Crippen molar-refractivity contribution in [2.75, 3.05) is 0 Å². The fraction of sp³-hybridized carbons (Fsp3) is 0. The minimum Gasteiger partial charge on any atom is -0.276 e. The zero-order chi connectivity index (χ0) is 33.2. The first-order valence-corrected chi connectivity index (χ1v) is 17.3. The Kier molecular flexibility index (Phi) is 5.17. The Labute approximate surface area is 291 Å². The van der Waals surface area contributed by atoms with Crippen molar-refractivity contribution < 1.29 is 0 Å². The van der Waals surface area contributed by atoms with E-state index in [1.54, 1.807) is 0 Å². The molecule has 236 valence electrons. The fourth-order valence-corrected chi connectivity index (χ4v) is 8.46. The van der Waals surface area contributed by atoms with Gasteiger partial charge in [-0.3, -0.25) is 8.80 Å². The molecule has 0 radical (unpaired) electrons. The lowest BCUT2D eigenvalue weighted by molar-refractivity contribution is 1.15. The molecular formula is C46H27N5. The van der Waals surface area contributed by atoms with Crippen molar-refractivity contribution in [3.05, 3.63) is 164 Å². The minimum atomic E-state index is 0.868. The molecule has 0 amide bonds. The molecule has 0 aliphatic rings. The predicted molar refractivity (Wildman–Crippen MR) is 210 cm³/mol. The van der Waals surface area contributed by atoms with E-state index >= 15 is 0 Å². The molecule has 0 saturated heterocycles. The molecule has 5 heteroatoms. The van der Waals surface area contributed by atoms with Crippen LogP contribution in [0.1, 0.15) is 0 Å². The van der Waals surface area contributed by atoms with E-state index in [1.807, 2.05) is 0 Å². The van der Waals surface area contributed by atoms with Gasteiger partial charge in [-0.2, -0.15) is 0 Å². The SMILES string of the molecule is c1ccc(-c2cccc(-c3ccccc3)c2-c2cc3c4c(c2)n2c5cc6ccccc6cc5nc2n4c2nc4cc5ccccc5cc4n32)cc1. The van der Waals surface area contributed by atoms with Crippen molar-refractivity contribution in [2.45, 2.75) is 0 Å². The molecule has 0 N–H and O–H groups in total. The summed E-state index contributed by atoms with van der Waals surface area (Å²) >= 11 is 0. The molecule has 0 atom stereocenters. The van der Waals surface area contributed by atoms with Gasteiger partial charge in [-0.05, 0) is 91.3 Å². The molecule has 0 aliphatic heterocycles. The maximum atomic E-state index is 5.34. The maximum Gasteiger partial charge on any atom is 0.223 e. The highest BCUT2D eigenvalue weighted by atomic mass is 15.3. The Morgan fingerprint density at radius 1 is 0.333 bits per heavy atom. The minimum absolute atomic E-state index is 0.868. The summed E-state index contributed by atoms with van der Waals surface area (Å²) in [5, 5.41) is 4.75. The number of imidazole rings is 4. The predicted octanol–water partition coefficient (Wildman–Crippen LogP) is 11.4. The summed E-state index contributed by atoms with van der Waals surface area (Å²) in [6, 6.07) is 59.0. The van der Waals surface area contributed by atoms with Crippen LogP contribution < -0.4 is 0 Å². The number of hydrogen-bond acceptors (Lipinski definition) is 2. The van der Waals surface area contributed by atoms with Crippen LogP contribution >= 0.6 is 0 Å². The highest BCUT2D eigenvalue weighted by Crippen LogP contribution is 2.44. The summed E-state index contributed by atoms with van der Waals surface area (Å²) in [5.41, 5.74) is 14.6. The number of fused-ring (bicyclic) bond motifs is 12. The van der Waals surface area contributed by atoms with Crippen LogP contribution in [0.2, 0.25) is 0 Å². The molecule has 0 saturated carbocycles. The Morgan fingerprint density at radius 2 is 0.765 bits per heavy atom. The van der Waals surface area contributed by atoms with Crippen molar-refractivity contribution in [1.82, 2.24) is 23.2 Å². The molecule has 4 heterocycles. The van der Waals surface area contributed by atoms with Gasteiger partial charge in [0, 0.05) is 0 Å². The molecule has 12 rings (SSSR count). The summed E-state index contributed by atoms with van der Waals surface area (Å²) in [4.78, 5) is 10.7. The first-order chi connectivity index (χ1) is 25.3. The van der Waals surface area contributed by atoms with Crippen molar-refractivity contribution in [1.29, 1.82) is 0 Å². The normalized spacial score (nSPS) is 12.3. The van der Waals surface area contributed by atoms with Gasteiger partial charge in [-0.25, -0.2) is 14.4 Å². The van der Waals surface area contributed by atoms with Crippen LogP contribution in [-0.4, -0.2) is 23.2 Å². The summed E-state index contributed by atoms with van der Waals surface area (Å²) in [6.07, 6.45) is 0. The van der Waals surface area contributed by atoms with Crippen molar-refractivity contribution in [3.8, 4) is 33.4 Å². The highest BCUT2D eigenvalue weighted by Gasteiger charge is 2.26. The zero-order valence-corrected chi connectivity index (χ0v) is 27.3. The van der Waals surface area contributed by atoms with E-state index in [9.17, 15) is 0 Å². The average Bonchev–Trinajstić information content (AvgIpc) is 3.91.